The Labute approximate surface area is 451 Å². The van der Waals surface area contributed by atoms with Crippen molar-refractivity contribution >= 4 is 74.2 Å². The largest absolute Gasteiger partial charge is 0.497 e. The lowest BCUT2D eigenvalue weighted by molar-refractivity contribution is -0.142. The summed E-state index contributed by atoms with van der Waals surface area (Å²) in [6.07, 6.45) is 6.05. The zero-order chi connectivity index (χ0) is 54.7. The monoisotopic (exact) mass is 1090 g/mol. The average Bonchev–Trinajstić information content (AvgIpc) is 3.82. The fraction of sp³-hybridized carbons (Fsp3) is 0.418. The molecule has 1 aromatic heterocycles. The second kappa shape index (κ2) is 25.1. The van der Waals surface area contributed by atoms with Gasteiger partial charge in [0.1, 0.15) is 35.2 Å². The van der Waals surface area contributed by atoms with Gasteiger partial charge >= 0.3 is 6.03 Å². The number of hydrogen-bond donors (Lipinski definition) is 7. The first-order valence-corrected chi connectivity index (χ1v) is 28.4. The van der Waals surface area contributed by atoms with Crippen molar-refractivity contribution in [1.82, 2.24) is 46.5 Å². The molecule has 4 aromatic rings. The zero-order valence-corrected chi connectivity index (χ0v) is 44.4. The summed E-state index contributed by atoms with van der Waals surface area (Å²) in [5, 5.41) is 17.9. The summed E-state index contributed by atoms with van der Waals surface area (Å²) in [5.41, 5.74) is 0.188. The van der Waals surface area contributed by atoms with Crippen molar-refractivity contribution in [3.63, 3.8) is 0 Å². The predicted molar refractivity (Wildman–Crippen MR) is 290 cm³/mol. The molecule has 4 aliphatic rings. The van der Waals surface area contributed by atoms with Gasteiger partial charge in [-0.2, -0.15) is 11.8 Å². The number of methoxy groups -OCH3 is 1. The summed E-state index contributed by atoms with van der Waals surface area (Å²) in [6, 6.07) is 21.3. The molecule has 3 aliphatic heterocycles. The van der Waals surface area contributed by atoms with Crippen LogP contribution in [-0.2, 0) is 38.8 Å². The topological polar surface area (TPSA) is 272 Å². The molecule has 8 amide bonds. The van der Waals surface area contributed by atoms with Gasteiger partial charge in [0.25, 0.3) is 15.9 Å². The number of benzene rings is 3. The van der Waals surface area contributed by atoms with Gasteiger partial charge in [-0.15, -0.1) is 6.58 Å². The number of fused-ring (bicyclic) bond motifs is 2. The Morgan fingerprint density at radius 1 is 0.909 bits per heavy atom. The summed E-state index contributed by atoms with van der Waals surface area (Å²) < 4.78 is 41.0. The van der Waals surface area contributed by atoms with Gasteiger partial charge in [0, 0.05) is 72.4 Å². The lowest BCUT2D eigenvalue weighted by Crippen LogP contribution is -2.59. The number of likely N-dealkylation sites (tertiary alicyclic amines) is 1. The quantitative estimate of drug-likeness (QED) is 0.0203. The molecular formula is C55H65N9O11S2. The van der Waals surface area contributed by atoms with Crippen LogP contribution in [0.1, 0.15) is 64.2 Å². The first-order chi connectivity index (χ1) is 37.1. The molecule has 22 heteroatoms. The molecule has 0 radical (unpaired) electrons. The van der Waals surface area contributed by atoms with Gasteiger partial charge < -0.3 is 46.3 Å². The van der Waals surface area contributed by atoms with Crippen LogP contribution in [0.2, 0.25) is 0 Å². The lowest BCUT2D eigenvalue weighted by atomic mass is 10.0. The number of carbonyl (C=O) groups excluding carboxylic acids is 7. The molecule has 3 saturated heterocycles. The normalized spacial score (nSPS) is 22.6. The molecule has 77 heavy (non-hydrogen) atoms. The summed E-state index contributed by atoms with van der Waals surface area (Å²) in [7, 11) is -2.82. The summed E-state index contributed by atoms with van der Waals surface area (Å²) in [4.78, 5) is 100. The third-order valence-corrected chi connectivity index (χ3v) is 17.2. The number of urea groups is 1. The van der Waals surface area contributed by atoms with Crippen LogP contribution in [0, 0.1) is 5.92 Å². The molecule has 8 rings (SSSR count). The molecule has 1 unspecified atom stereocenters. The highest BCUT2D eigenvalue weighted by molar-refractivity contribution is 8.00. The van der Waals surface area contributed by atoms with Crippen molar-refractivity contribution in [3.8, 4) is 22.8 Å². The molecule has 0 bridgehead atoms. The fourth-order valence-electron chi connectivity index (χ4n) is 10.0. The smallest absolute Gasteiger partial charge is 0.315 e. The number of nitrogens with one attached hydrogen (secondary N) is 7. The zero-order valence-electron chi connectivity index (χ0n) is 42.8. The second-order valence-electron chi connectivity index (χ2n) is 19.6. The highest BCUT2D eigenvalue weighted by atomic mass is 32.2. The van der Waals surface area contributed by atoms with Crippen molar-refractivity contribution in [2.24, 2.45) is 5.92 Å². The Hall–Kier alpha value is -7.46. The third kappa shape index (κ3) is 13.8. The van der Waals surface area contributed by atoms with Gasteiger partial charge in [0.05, 0.1) is 41.8 Å². The molecule has 3 aromatic carbocycles. The van der Waals surface area contributed by atoms with Crippen LogP contribution in [0.4, 0.5) is 4.79 Å². The number of unbranched alkanes of at least 4 members (excludes halogenated alkanes) is 3. The molecule has 8 atom stereocenters. The van der Waals surface area contributed by atoms with Crippen molar-refractivity contribution in [2.45, 2.75) is 110 Å². The highest BCUT2D eigenvalue weighted by Gasteiger charge is 2.61. The van der Waals surface area contributed by atoms with E-state index in [0.717, 1.165) is 36.7 Å². The van der Waals surface area contributed by atoms with Gasteiger partial charge in [0.15, 0.2) is 0 Å². The summed E-state index contributed by atoms with van der Waals surface area (Å²) in [5.74, 6) is -2.51. The van der Waals surface area contributed by atoms with Gasteiger partial charge in [-0.05, 0) is 62.4 Å². The fourth-order valence-corrected chi connectivity index (χ4v) is 12.6. The van der Waals surface area contributed by atoms with Crippen molar-refractivity contribution in [3.05, 3.63) is 110 Å². The van der Waals surface area contributed by atoms with Gasteiger partial charge in [-0.25, -0.2) is 22.9 Å². The van der Waals surface area contributed by atoms with Crippen LogP contribution in [-0.4, -0.2) is 133 Å². The number of amides is 8. The molecule has 4 heterocycles. The van der Waals surface area contributed by atoms with Gasteiger partial charge in [-0.1, -0.05) is 74.0 Å². The van der Waals surface area contributed by atoms with E-state index < -0.39 is 69.2 Å². The number of sulfonamides is 1. The molecule has 0 spiro atoms. The Balaban J connectivity index is 0.946. The highest BCUT2D eigenvalue weighted by Crippen LogP contribution is 2.45. The van der Waals surface area contributed by atoms with Crippen LogP contribution in [0.3, 0.4) is 0 Å². The van der Waals surface area contributed by atoms with E-state index in [9.17, 15) is 42.0 Å². The van der Waals surface area contributed by atoms with Gasteiger partial charge in [-0.3, -0.25) is 28.8 Å². The standard InChI is InChI=1S/C55H65N9O11S2/c1-4-35-30-55(35,53(70)63-77(72,73)38-19-11-7-12-20-38)62-51(68)44-28-37(75-45-29-40(34-17-9-6-10-18-34)58-41-27-36(74-3)24-25-39(41)45)32-64(44)52(69)42(31-57-47(65)5-2)59-49(67)23-13-8-16-26-56-48(66)22-15-14-21-46-50-43(33-76-46)60-54(71)61-50/h4-7,9-12,17-20,24-25,27,29,35,37,42-44,46,50H,1-2,8,13-16,21-23,26,28,30-33H2,3H3,(H,56,66)(H,57,65)(H,59,67)(H,62,68)(H,63,70)(H2,60,61,71)/t35-,37-,42+,43+,44+,46?,50+,55-/m1/s1. The Morgan fingerprint density at radius 3 is 2.38 bits per heavy atom. The number of rotatable bonds is 26. The minimum atomic E-state index is -4.36. The number of carbonyl (C=O) groups is 7. The van der Waals surface area contributed by atoms with Crippen LogP contribution in [0.25, 0.3) is 22.2 Å². The average molecular weight is 1090 g/mol. The van der Waals surface area contributed by atoms with Crippen LogP contribution >= 0.6 is 11.8 Å². The minimum Gasteiger partial charge on any atom is -0.497 e. The van der Waals surface area contributed by atoms with E-state index in [1.807, 2.05) is 42.1 Å². The van der Waals surface area contributed by atoms with Crippen molar-refractivity contribution < 1.29 is 51.5 Å². The van der Waals surface area contributed by atoms with E-state index in [-0.39, 0.29) is 61.3 Å². The van der Waals surface area contributed by atoms with Crippen molar-refractivity contribution in [1.29, 1.82) is 0 Å². The SMILES string of the molecule is C=CC(=O)NC[C@H](NC(=O)CCCCCNC(=O)CCCCC1SC[C@@H]2NC(=O)N[C@H]12)C(=O)N1C[C@H](Oc2cc(-c3ccccc3)nc3cc(OC)ccc23)C[C@H]1C(=O)N[C@]1(C(=O)NS(=O)(=O)c2ccccc2)C[C@H]1C=C. The number of aromatic nitrogens is 1. The maximum absolute atomic E-state index is 14.9. The summed E-state index contributed by atoms with van der Waals surface area (Å²) >= 11 is 1.84. The minimum absolute atomic E-state index is 0.00982. The Bertz CT molecular complexity index is 2990. The number of hydrogen-bond acceptors (Lipinski definition) is 13. The molecule has 4 fully saturated rings. The van der Waals surface area contributed by atoms with E-state index in [2.05, 4.69) is 49.8 Å². The van der Waals surface area contributed by atoms with Crippen LogP contribution in [0.15, 0.2) is 115 Å². The van der Waals surface area contributed by atoms with E-state index in [0.29, 0.717) is 65.6 Å². The Kier molecular flexibility index (Phi) is 18.2. The first kappa shape index (κ1) is 55.8. The maximum Gasteiger partial charge on any atom is 0.315 e. The van der Waals surface area contributed by atoms with E-state index in [4.69, 9.17) is 14.5 Å². The number of ether oxygens (including phenoxy) is 2. The van der Waals surface area contributed by atoms with E-state index >= 15 is 0 Å². The molecule has 1 saturated carbocycles. The molecular weight excluding hydrogens is 1030 g/mol. The number of pyridine rings is 1. The van der Waals surface area contributed by atoms with Crippen LogP contribution in [0.5, 0.6) is 11.5 Å². The third-order valence-electron chi connectivity index (χ3n) is 14.3. The number of thioether (sulfide) groups is 1. The second-order valence-corrected chi connectivity index (χ2v) is 22.5. The number of nitrogens with zero attached hydrogens (tertiary/aromatic N) is 2. The van der Waals surface area contributed by atoms with Crippen molar-refractivity contribution in [2.75, 3.05) is 32.5 Å². The molecule has 1 aliphatic carbocycles. The maximum atomic E-state index is 14.9. The van der Waals surface area contributed by atoms with Crippen LogP contribution < -0.4 is 46.1 Å². The predicted octanol–water partition coefficient (Wildman–Crippen LogP) is 4.01. The first-order valence-electron chi connectivity index (χ1n) is 25.8. The Morgan fingerprint density at radius 2 is 1.65 bits per heavy atom. The molecule has 408 valence electrons. The molecule has 20 nitrogen and oxygen atoms in total. The molecule has 7 N–H and O–H groups in total. The summed E-state index contributed by atoms with van der Waals surface area (Å²) in [6.45, 7) is 7.17. The van der Waals surface area contributed by atoms with E-state index in [1.54, 1.807) is 37.4 Å². The van der Waals surface area contributed by atoms with E-state index in [1.165, 1.54) is 35.2 Å². The van der Waals surface area contributed by atoms with Gasteiger partial charge in [0.2, 0.25) is 29.5 Å². The lowest BCUT2D eigenvalue weighted by Gasteiger charge is -2.30.